The zero-order chi connectivity index (χ0) is 35.7. The Morgan fingerprint density at radius 2 is 1.52 bits per heavy atom. The van der Waals surface area contributed by atoms with Gasteiger partial charge in [0.05, 0.1) is 5.69 Å². The number of anilines is 2. The normalized spacial score (nSPS) is 14.5. The van der Waals surface area contributed by atoms with Crippen molar-refractivity contribution in [3.63, 3.8) is 0 Å². The van der Waals surface area contributed by atoms with Gasteiger partial charge in [-0.1, -0.05) is 146 Å². The van der Waals surface area contributed by atoms with E-state index in [1.165, 1.54) is 60.8 Å². The van der Waals surface area contributed by atoms with Crippen LogP contribution in [0.3, 0.4) is 0 Å². The fourth-order valence-corrected chi connectivity index (χ4v) is 7.04. The first-order valence-electron chi connectivity index (χ1n) is 17.9. The lowest BCUT2D eigenvalue weighted by atomic mass is 9.86. The third-order valence-electron chi connectivity index (χ3n) is 9.55. The molecule has 5 aromatic carbocycles. The molecule has 6 aromatic rings. The van der Waals surface area contributed by atoms with Crippen LogP contribution in [0.2, 0.25) is 0 Å². The maximum absolute atomic E-state index is 6.77. The minimum Gasteiger partial charge on any atom is -0.398 e. The molecule has 3 nitrogen and oxygen atoms in total. The maximum Gasteiger partial charge on any atom is 0.0525 e. The molecule has 0 atom stereocenters. The second-order valence-corrected chi connectivity index (χ2v) is 13.1. The Balaban J connectivity index is 1.16. The van der Waals surface area contributed by atoms with Crippen molar-refractivity contribution in [1.82, 2.24) is 4.98 Å². The van der Waals surface area contributed by atoms with E-state index in [9.17, 15) is 0 Å². The van der Waals surface area contributed by atoms with Crippen LogP contribution < -0.4 is 10.6 Å². The minimum atomic E-state index is 0.737. The summed E-state index contributed by atoms with van der Waals surface area (Å²) in [6.45, 7) is 5.95. The molecule has 0 amide bonds. The summed E-state index contributed by atoms with van der Waals surface area (Å²) in [5, 5.41) is 4.96. The molecule has 2 heterocycles. The highest BCUT2D eigenvalue weighted by Crippen LogP contribution is 2.41. The quantitative estimate of drug-likeness (QED) is 0.110. The van der Waals surface area contributed by atoms with Crippen LogP contribution in [0.5, 0.6) is 0 Å². The van der Waals surface area contributed by atoms with E-state index in [4.69, 9.17) is 5.73 Å². The summed E-state index contributed by atoms with van der Waals surface area (Å²) in [6, 6.07) is 38.7. The number of benzene rings is 5. The Hall–Kier alpha value is -6.45. The summed E-state index contributed by atoms with van der Waals surface area (Å²) >= 11 is 0. The largest absolute Gasteiger partial charge is 0.398 e. The monoisotopic (exact) mass is 673 g/mol. The standard InChI is InChI=1S/C49H43N3/c1-3-4-5-6-13-23-42-43-24-15-16-25-45(43)49(37-19-9-7-10-20-37)46-34-38(28-30-44(42)46)47(50)26-17-14-18-36(2)27-29-41-33-39-35-51-32-31-48(39)52(41)40-21-11-8-12-22-40/h3-17,19-22,24-32,34-35H,1,18,23,33,50H2,2H3/b5-4-,13-6-,17-14-,36-27+,41-29+,47-26-. The van der Waals surface area contributed by atoms with Crippen LogP contribution in [0.15, 0.2) is 200 Å². The molecule has 3 heteroatoms. The van der Waals surface area contributed by atoms with Crippen LogP contribution in [0.1, 0.15) is 30.0 Å². The molecule has 0 bridgehead atoms. The van der Waals surface area contributed by atoms with Crippen molar-refractivity contribution in [2.24, 2.45) is 5.73 Å². The molecule has 52 heavy (non-hydrogen) atoms. The van der Waals surface area contributed by atoms with E-state index in [-0.39, 0.29) is 0 Å². The van der Waals surface area contributed by atoms with Crippen molar-refractivity contribution in [1.29, 1.82) is 0 Å². The number of rotatable bonds is 11. The van der Waals surface area contributed by atoms with Gasteiger partial charge >= 0.3 is 0 Å². The molecule has 0 aliphatic carbocycles. The molecule has 7 rings (SSSR count). The van der Waals surface area contributed by atoms with Gasteiger partial charge in [-0.3, -0.25) is 4.98 Å². The molecule has 0 saturated heterocycles. The third-order valence-corrected chi connectivity index (χ3v) is 9.55. The first-order chi connectivity index (χ1) is 25.6. The number of para-hydroxylation sites is 1. The molecule has 0 radical (unpaired) electrons. The lowest BCUT2D eigenvalue weighted by Gasteiger charge is -2.21. The molecule has 1 aliphatic rings. The fourth-order valence-electron chi connectivity index (χ4n) is 7.04. The Bertz CT molecular complexity index is 2410. The average molecular weight is 674 g/mol. The summed E-state index contributed by atoms with van der Waals surface area (Å²) in [7, 11) is 0. The van der Waals surface area contributed by atoms with Crippen molar-refractivity contribution in [3.05, 3.63) is 217 Å². The highest BCUT2D eigenvalue weighted by atomic mass is 15.2. The Labute approximate surface area is 307 Å². The topological polar surface area (TPSA) is 42.1 Å². The number of nitrogens with two attached hydrogens (primary N) is 1. The second kappa shape index (κ2) is 16.1. The van der Waals surface area contributed by atoms with Crippen LogP contribution in [0, 0.1) is 0 Å². The third kappa shape index (κ3) is 7.35. The van der Waals surface area contributed by atoms with Crippen LogP contribution in [-0.2, 0) is 12.8 Å². The average Bonchev–Trinajstić information content (AvgIpc) is 3.57. The first kappa shape index (κ1) is 34.0. The van der Waals surface area contributed by atoms with Crippen LogP contribution in [0.25, 0.3) is 38.4 Å². The van der Waals surface area contributed by atoms with E-state index in [0.717, 1.165) is 36.2 Å². The zero-order valence-corrected chi connectivity index (χ0v) is 29.6. The van der Waals surface area contributed by atoms with Gasteiger partial charge in [0.25, 0.3) is 0 Å². The Kier molecular flexibility index (Phi) is 10.5. The van der Waals surface area contributed by atoms with Gasteiger partial charge in [0.1, 0.15) is 0 Å². The predicted molar refractivity (Wildman–Crippen MR) is 223 cm³/mol. The molecule has 1 aromatic heterocycles. The summed E-state index contributed by atoms with van der Waals surface area (Å²) in [4.78, 5) is 6.70. The van der Waals surface area contributed by atoms with E-state index >= 15 is 0 Å². The Morgan fingerprint density at radius 3 is 2.33 bits per heavy atom. The number of hydrogen-bond acceptors (Lipinski definition) is 3. The van der Waals surface area contributed by atoms with Crippen LogP contribution >= 0.6 is 0 Å². The number of aromatic nitrogens is 1. The molecule has 2 N–H and O–H groups in total. The van der Waals surface area contributed by atoms with Gasteiger partial charge in [-0.25, -0.2) is 0 Å². The number of pyridine rings is 1. The van der Waals surface area contributed by atoms with Crippen molar-refractivity contribution >= 4 is 38.6 Å². The highest BCUT2D eigenvalue weighted by Gasteiger charge is 2.25. The van der Waals surface area contributed by atoms with Crippen molar-refractivity contribution in [2.45, 2.75) is 26.2 Å². The van der Waals surface area contributed by atoms with E-state index in [1.54, 1.807) is 6.08 Å². The smallest absolute Gasteiger partial charge is 0.0525 e. The van der Waals surface area contributed by atoms with E-state index in [2.05, 4.69) is 169 Å². The molecule has 0 unspecified atom stereocenters. The van der Waals surface area contributed by atoms with Crippen molar-refractivity contribution in [2.75, 3.05) is 4.90 Å². The minimum absolute atomic E-state index is 0.737. The summed E-state index contributed by atoms with van der Waals surface area (Å²) < 4.78 is 0. The molecular formula is C49H43N3. The number of nitrogens with zero attached hydrogens (tertiary/aromatic N) is 2. The number of hydrogen-bond donors (Lipinski definition) is 1. The van der Waals surface area contributed by atoms with Gasteiger partial charge in [-0.15, -0.1) is 0 Å². The van der Waals surface area contributed by atoms with Crippen molar-refractivity contribution < 1.29 is 0 Å². The predicted octanol–water partition coefficient (Wildman–Crippen LogP) is 12.4. The maximum atomic E-state index is 6.77. The van der Waals surface area contributed by atoms with Gasteiger partial charge in [0.2, 0.25) is 0 Å². The van der Waals surface area contributed by atoms with Gasteiger partial charge in [-0.2, -0.15) is 0 Å². The molecular weight excluding hydrogens is 631 g/mol. The lowest BCUT2D eigenvalue weighted by molar-refractivity contribution is 1.13. The van der Waals surface area contributed by atoms with Gasteiger partial charge in [0.15, 0.2) is 0 Å². The summed E-state index contributed by atoms with van der Waals surface area (Å²) in [6.07, 6.45) is 27.1. The highest BCUT2D eigenvalue weighted by molar-refractivity contribution is 6.15. The van der Waals surface area contributed by atoms with E-state index in [1.807, 2.05) is 30.6 Å². The van der Waals surface area contributed by atoms with E-state index < -0.39 is 0 Å². The molecule has 254 valence electrons. The molecule has 0 fully saturated rings. The second-order valence-electron chi connectivity index (χ2n) is 13.1. The molecule has 1 aliphatic heterocycles. The summed E-state index contributed by atoms with van der Waals surface area (Å²) in [5.41, 5.74) is 18.4. The zero-order valence-electron chi connectivity index (χ0n) is 29.6. The number of allylic oxidation sites excluding steroid dienone is 12. The van der Waals surface area contributed by atoms with Crippen molar-refractivity contribution in [3.8, 4) is 11.1 Å². The Morgan fingerprint density at radius 1 is 0.769 bits per heavy atom. The fraction of sp³-hybridized carbons (Fsp3) is 0.0816. The molecule has 0 saturated carbocycles. The van der Waals surface area contributed by atoms with Crippen LogP contribution in [0.4, 0.5) is 11.4 Å². The van der Waals surface area contributed by atoms with Gasteiger partial charge in [0, 0.05) is 41.5 Å². The van der Waals surface area contributed by atoms with Gasteiger partial charge < -0.3 is 10.6 Å². The van der Waals surface area contributed by atoms with E-state index in [0.29, 0.717) is 0 Å². The molecule has 0 spiro atoms. The SMILES string of the molecule is C=C/C=C\C=C/Cc1c2ccccc2c(-c2ccccc2)c2cc(/C(N)=C/C=C\C/C(C)=C/C=C3\Cc4cnccc4N3c3ccccc3)ccc12. The van der Waals surface area contributed by atoms with Crippen LogP contribution in [-0.4, -0.2) is 4.98 Å². The lowest BCUT2D eigenvalue weighted by Crippen LogP contribution is -2.11. The van der Waals surface area contributed by atoms with Gasteiger partial charge in [-0.05, 0) is 100.0 Å². The first-order valence-corrected chi connectivity index (χ1v) is 17.9. The summed E-state index contributed by atoms with van der Waals surface area (Å²) in [5.74, 6) is 0. The number of fused-ring (bicyclic) bond motifs is 3.